The Labute approximate surface area is 85.5 Å². The number of nitriles is 1. The lowest BCUT2D eigenvalue weighted by Crippen LogP contribution is -2.37. The average Bonchev–Trinajstić information content (AvgIpc) is 2.12. The summed E-state index contributed by atoms with van der Waals surface area (Å²) < 4.78 is 4.84. The van der Waals surface area contributed by atoms with Gasteiger partial charge in [-0.1, -0.05) is 0 Å². The molecule has 4 heteroatoms. The zero-order chi connectivity index (χ0) is 11.0. The molecule has 0 aliphatic rings. The highest BCUT2D eigenvalue weighted by Gasteiger charge is 2.13. The van der Waals surface area contributed by atoms with Gasteiger partial charge in [-0.3, -0.25) is 9.69 Å². The Balaban J connectivity index is 3.97. The molecular weight excluding hydrogens is 180 g/mol. The van der Waals surface area contributed by atoms with Crippen LogP contribution in [0, 0.1) is 11.3 Å². The van der Waals surface area contributed by atoms with E-state index in [1.54, 1.807) is 6.92 Å². The highest BCUT2D eigenvalue weighted by Crippen LogP contribution is 1.99. The zero-order valence-electron chi connectivity index (χ0n) is 9.12. The van der Waals surface area contributed by atoms with Crippen molar-refractivity contribution in [1.82, 2.24) is 4.90 Å². The summed E-state index contributed by atoms with van der Waals surface area (Å²) in [5.74, 6) is -0.223. The van der Waals surface area contributed by atoms with E-state index in [2.05, 4.69) is 6.07 Å². The van der Waals surface area contributed by atoms with Crippen LogP contribution in [0.15, 0.2) is 0 Å². The molecule has 0 heterocycles. The zero-order valence-corrected chi connectivity index (χ0v) is 9.12. The molecule has 4 nitrogen and oxygen atoms in total. The third kappa shape index (κ3) is 5.55. The predicted octanol–water partition coefficient (Wildman–Crippen LogP) is 1.17. The molecule has 0 atom stereocenters. The first-order chi connectivity index (χ1) is 6.61. The van der Waals surface area contributed by atoms with Crippen LogP contribution in [0.5, 0.6) is 0 Å². The highest BCUT2D eigenvalue weighted by atomic mass is 16.5. The van der Waals surface area contributed by atoms with E-state index in [1.807, 2.05) is 18.7 Å². The van der Waals surface area contributed by atoms with E-state index in [4.69, 9.17) is 10.00 Å². The molecule has 0 aromatic heterocycles. The maximum atomic E-state index is 11.2. The average molecular weight is 198 g/mol. The summed E-state index contributed by atoms with van der Waals surface area (Å²) >= 11 is 0. The Hall–Kier alpha value is -1.08. The molecule has 0 rings (SSSR count). The third-order valence-electron chi connectivity index (χ3n) is 1.88. The van der Waals surface area contributed by atoms with Crippen molar-refractivity contribution in [1.29, 1.82) is 5.26 Å². The minimum atomic E-state index is -0.223. The van der Waals surface area contributed by atoms with Gasteiger partial charge >= 0.3 is 5.97 Å². The number of carbonyl (C=O) groups is 1. The molecule has 80 valence electrons. The molecule has 0 aromatic carbocycles. The van der Waals surface area contributed by atoms with Crippen molar-refractivity contribution in [2.75, 3.05) is 19.7 Å². The number of rotatable bonds is 6. The van der Waals surface area contributed by atoms with Gasteiger partial charge in [-0.2, -0.15) is 5.26 Å². The van der Waals surface area contributed by atoms with Gasteiger partial charge in [0.05, 0.1) is 19.2 Å². The number of hydrogen-bond acceptors (Lipinski definition) is 4. The fourth-order valence-corrected chi connectivity index (χ4v) is 1.09. The molecule has 14 heavy (non-hydrogen) atoms. The van der Waals surface area contributed by atoms with Gasteiger partial charge in [0.2, 0.25) is 0 Å². The van der Waals surface area contributed by atoms with Crippen molar-refractivity contribution in [2.45, 2.75) is 33.2 Å². The molecule has 0 saturated carbocycles. The van der Waals surface area contributed by atoms with E-state index in [-0.39, 0.29) is 18.6 Å². The summed E-state index contributed by atoms with van der Waals surface area (Å²) in [5, 5.41) is 8.44. The van der Waals surface area contributed by atoms with Crippen molar-refractivity contribution in [3.63, 3.8) is 0 Å². The van der Waals surface area contributed by atoms with Gasteiger partial charge in [0.25, 0.3) is 0 Å². The second-order valence-corrected chi connectivity index (χ2v) is 3.28. The van der Waals surface area contributed by atoms with Gasteiger partial charge in [-0.05, 0) is 20.8 Å². The maximum Gasteiger partial charge on any atom is 0.320 e. The summed E-state index contributed by atoms with van der Waals surface area (Å²) in [7, 11) is 0. The summed E-state index contributed by atoms with van der Waals surface area (Å²) in [5.41, 5.74) is 0. The van der Waals surface area contributed by atoms with Crippen LogP contribution in [-0.2, 0) is 9.53 Å². The minimum Gasteiger partial charge on any atom is -0.465 e. The second kappa shape index (κ2) is 7.34. The first-order valence-corrected chi connectivity index (χ1v) is 4.88. The van der Waals surface area contributed by atoms with E-state index >= 15 is 0 Å². The quantitative estimate of drug-likeness (QED) is 0.601. The molecule has 0 aromatic rings. The highest BCUT2D eigenvalue weighted by molar-refractivity contribution is 5.71. The molecule has 0 spiro atoms. The summed E-state index contributed by atoms with van der Waals surface area (Å²) in [4.78, 5) is 13.1. The number of nitrogens with zero attached hydrogens (tertiary/aromatic N) is 2. The normalized spacial score (nSPS) is 10.3. The van der Waals surface area contributed by atoms with Crippen LogP contribution in [-0.4, -0.2) is 36.6 Å². The molecule has 0 amide bonds. The van der Waals surface area contributed by atoms with Gasteiger partial charge in [-0.25, -0.2) is 0 Å². The molecule has 0 radical (unpaired) electrons. The molecule has 0 fully saturated rings. The van der Waals surface area contributed by atoms with Crippen LogP contribution in [0.4, 0.5) is 0 Å². The van der Waals surface area contributed by atoms with Gasteiger partial charge < -0.3 is 4.74 Å². The van der Waals surface area contributed by atoms with Crippen molar-refractivity contribution in [3.05, 3.63) is 0 Å². The van der Waals surface area contributed by atoms with Crippen LogP contribution in [0.1, 0.15) is 27.2 Å². The Kier molecular flexibility index (Phi) is 6.77. The summed E-state index contributed by atoms with van der Waals surface area (Å²) in [6, 6.07) is 2.32. The Morgan fingerprint density at radius 3 is 2.64 bits per heavy atom. The van der Waals surface area contributed by atoms with Crippen molar-refractivity contribution in [3.8, 4) is 6.07 Å². The van der Waals surface area contributed by atoms with Crippen LogP contribution in [0.2, 0.25) is 0 Å². The molecule has 0 unspecified atom stereocenters. The molecule has 0 aliphatic carbocycles. The van der Waals surface area contributed by atoms with Crippen LogP contribution < -0.4 is 0 Å². The fraction of sp³-hybridized carbons (Fsp3) is 0.800. The lowest BCUT2D eigenvalue weighted by Gasteiger charge is -2.23. The van der Waals surface area contributed by atoms with E-state index in [0.29, 0.717) is 19.6 Å². The largest absolute Gasteiger partial charge is 0.465 e. The number of ether oxygens (including phenoxy) is 1. The number of carbonyl (C=O) groups excluding carboxylic acids is 1. The minimum absolute atomic E-state index is 0.223. The Morgan fingerprint density at radius 2 is 2.21 bits per heavy atom. The van der Waals surface area contributed by atoms with Gasteiger partial charge in [0.1, 0.15) is 0 Å². The number of hydrogen-bond donors (Lipinski definition) is 0. The van der Waals surface area contributed by atoms with Crippen LogP contribution in [0.25, 0.3) is 0 Å². The predicted molar refractivity (Wildman–Crippen MR) is 53.6 cm³/mol. The monoisotopic (exact) mass is 198 g/mol. The summed E-state index contributed by atoms with van der Waals surface area (Å²) in [6.07, 6.45) is 0.442. The molecule has 0 N–H and O–H groups in total. The molecule has 0 saturated heterocycles. The summed E-state index contributed by atoms with van der Waals surface area (Å²) in [6.45, 7) is 7.07. The molecular formula is C10H18N2O2. The van der Waals surface area contributed by atoms with Gasteiger partial charge in [-0.15, -0.1) is 0 Å². The topological polar surface area (TPSA) is 53.3 Å². The Morgan fingerprint density at radius 1 is 1.57 bits per heavy atom. The van der Waals surface area contributed by atoms with Gasteiger partial charge in [0.15, 0.2) is 0 Å². The SMILES string of the molecule is CCOC(=O)CN(CCC#N)C(C)C. The first kappa shape index (κ1) is 12.9. The molecule has 0 bridgehead atoms. The Bertz CT molecular complexity index is 209. The van der Waals surface area contributed by atoms with Crippen molar-refractivity contribution >= 4 is 5.97 Å². The number of esters is 1. The lowest BCUT2D eigenvalue weighted by molar-refractivity contribution is -0.144. The van der Waals surface area contributed by atoms with Gasteiger partial charge in [0, 0.05) is 19.0 Å². The third-order valence-corrected chi connectivity index (χ3v) is 1.88. The van der Waals surface area contributed by atoms with Crippen LogP contribution >= 0.6 is 0 Å². The van der Waals surface area contributed by atoms with E-state index < -0.39 is 0 Å². The smallest absolute Gasteiger partial charge is 0.320 e. The first-order valence-electron chi connectivity index (χ1n) is 4.88. The van der Waals surface area contributed by atoms with E-state index in [0.717, 1.165) is 0 Å². The van der Waals surface area contributed by atoms with Crippen molar-refractivity contribution < 1.29 is 9.53 Å². The maximum absolute atomic E-state index is 11.2. The van der Waals surface area contributed by atoms with E-state index in [1.165, 1.54) is 0 Å². The van der Waals surface area contributed by atoms with E-state index in [9.17, 15) is 4.79 Å². The molecule has 0 aliphatic heterocycles. The van der Waals surface area contributed by atoms with Crippen molar-refractivity contribution in [2.24, 2.45) is 0 Å². The lowest BCUT2D eigenvalue weighted by atomic mass is 10.3. The van der Waals surface area contributed by atoms with Crippen LogP contribution in [0.3, 0.4) is 0 Å². The fourth-order valence-electron chi connectivity index (χ4n) is 1.09. The standard InChI is InChI=1S/C10H18N2O2/c1-4-14-10(13)8-12(9(2)3)7-5-6-11/h9H,4-5,7-8H2,1-3H3. The second-order valence-electron chi connectivity index (χ2n) is 3.28.